The number of unbranched alkanes of at least 4 members (excludes halogenated alkanes) is 11. The number of allylic oxidation sites excluding steroid dienone is 2. The summed E-state index contributed by atoms with van der Waals surface area (Å²) in [6.45, 7) is 45.8. The van der Waals surface area contributed by atoms with Gasteiger partial charge in [-0.1, -0.05) is 280 Å². The van der Waals surface area contributed by atoms with Crippen molar-refractivity contribution in [1.82, 2.24) is 9.97 Å². The van der Waals surface area contributed by atoms with Crippen molar-refractivity contribution in [2.75, 3.05) is 7.11 Å². The number of rotatable bonds is 23. The Balaban J connectivity index is -0.00000103. The van der Waals surface area contributed by atoms with E-state index in [2.05, 4.69) is 207 Å². The molecule has 2 saturated carbocycles. The Morgan fingerprint density at radius 2 is 0.795 bits per heavy atom. The molecule has 83 heavy (non-hydrogen) atoms. The number of aromatic nitrogens is 2. The van der Waals surface area contributed by atoms with Gasteiger partial charge in [-0.3, -0.25) is 14.8 Å². The fourth-order valence-electron chi connectivity index (χ4n) is 12.1. The minimum absolute atomic E-state index is 0. The minimum Gasteiger partial charge on any atom is -0.469 e. The molecule has 5 rings (SSSR count). The molecule has 0 radical (unpaired) electrons. The molecule has 480 valence electrons. The molecular formula is C74H134FeN2O2P4. The molecule has 0 amide bonds. The third-order valence-electron chi connectivity index (χ3n) is 15.5. The van der Waals surface area contributed by atoms with Gasteiger partial charge in [0, 0.05) is 18.8 Å². The van der Waals surface area contributed by atoms with E-state index in [9.17, 15) is 4.79 Å². The van der Waals surface area contributed by atoms with Gasteiger partial charge in [0.25, 0.3) is 0 Å². The van der Waals surface area contributed by atoms with Crippen LogP contribution in [-0.4, -0.2) is 65.3 Å². The molecule has 2 aliphatic carbocycles. The molecule has 0 bridgehead atoms. The molecule has 0 spiro atoms. The molecule has 0 aliphatic heterocycles. The van der Waals surface area contributed by atoms with Crippen LogP contribution >= 0.6 is 31.7 Å². The summed E-state index contributed by atoms with van der Waals surface area (Å²) in [7, 11) is 1.02. The smallest absolute Gasteiger partial charge is 0.469 e. The van der Waals surface area contributed by atoms with Crippen LogP contribution in [-0.2, 0) is 38.9 Å². The molecule has 0 saturated heterocycles. The van der Waals surface area contributed by atoms with Crippen molar-refractivity contribution >= 4 is 48.5 Å². The third kappa shape index (κ3) is 35.7. The van der Waals surface area contributed by atoms with Gasteiger partial charge in [-0.15, -0.1) is 0 Å². The van der Waals surface area contributed by atoms with E-state index in [1.165, 1.54) is 152 Å². The second-order valence-corrected chi connectivity index (χ2v) is 43.1. The Hall–Kier alpha value is -1.03. The number of ether oxygens (including phenoxy) is 1. The number of carbonyl (C=O) groups is 1. The van der Waals surface area contributed by atoms with Crippen LogP contribution in [0.2, 0.25) is 0 Å². The fraction of sp³-hybridized carbons (Fsp3) is 0.716. The zero-order chi connectivity index (χ0) is 59.3. The van der Waals surface area contributed by atoms with Crippen LogP contribution in [0.1, 0.15) is 291 Å². The van der Waals surface area contributed by atoms with Gasteiger partial charge in [0.1, 0.15) is 0 Å². The largest absolute Gasteiger partial charge is 2.00 e. The fourth-order valence-corrected chi connectivity index (χ4v) is 26.3. The molecule has 2 heterocycles. The standard InChI is InChI=1S/C24H44P2.C19H36O2.2C14H22NP.CH4.2CH3.Fe/c1-21(2,3)25(22(4,5)6)17-19-15-13-14-16-20(19)18-26(23(7,8)9)24(10,11)12;1-3-4-5-6-7-8-9-10-11-12-13-14-15-16-17-18-19(20)21-2;2*1-14(2,3)16(12-8-4-5-9-12)13-10-6-7-11-15-13;;;;/h13-16H,17-18H2,1-12H3;10-11H,3-9,12-18H2,1-2H3;2*6-7,10-12H,4-5,8-9H2,1-3H3;1H4;2*1H3;/q;;;;;2*-1;+2/b;11-10-;;;;;;. The van der Waals surface area contributed by atoms with Crippen molar-refractivity contribution in [3.63, 3.8) is 0 Å². The summed E-state index contributed by atoms with van der Waals surface area (Å²) < 4.78 is 4.62. The number of hydrogen-bond donors (Lipinski definition) is 0. The Morgan fingerprint density at radius 3 is 1.08 bits per heavy atom. The Kier molecular flexibility index (Phi) is 45.3. The van der Waals surface area contributed by atoms with Crippen molar-refractivity contribution in [3.8, 4) is 0 Å². The third-order valence-corrected chi connectivity index (χ3v) is 30.2. The quantitative estimate of drug-likeness (QED) is 0.0237. The van der Waals surface area contributed by atoms with Crippen LogP contribution in [0, 0.1) is 14.9 Å². The Labute approximate surface area is 534 Å². The number of pyridine rings is 2. The monoisotopic (exact) mass is 1260 g/mol. The van der Waals surface area contributed by atoms with Crippen LogP contribution in [0.3, 0.4) is 0 Å². The SMILES string of the molecule is C.CC(C)(C)P(Cc1ccccc1CP(C(C)(C)C)C(C)(C)C)C(C)(C)C.CC(C)(C)P(c1ccccn1)C1CCCC1.CC(C)(C)P(c1ccccn1)C1CCCC1.CCCCCCCC/C=C\CCCCCCCC(=O)OC.[CH3-].[CH3-].[Fe+2]. The molecule has 2 unspecified atom stereocenters. The molecule has 9 heteroatoms. The van der Waals surface area contributed by atoms with Gasteiger partial charge in [-0.05, 0) is 164 Å². The van der Waals surface area contributed by atoms with Gasteiger partial charge in [0.2, 0.25) is 0 Å². The zero-order valence-corrected chi connectivity index (χ0v) is 62.2. The summed E-state index contributed by atoms with van der Waals surface area (Å²) >= 11 is 0. The average molecular weight is 1260 g/mol. The Morgan fingerprint density at radius 1 is 0.482 bits per heavy atom. The Bertz CT molecular complexity index is 1910. The van der Waals surface area contributed by atoms with Crippen LogP contribution < -0.4 is 10.9 Å². The summed E-state index contributed by atoms with van der Waals surface area (Å²) in [5, 5.41) is 2.27. The van der Waals surface area contributed by atoms with E-state index in [0.29, 0.717) is 37.4 Å². The summed E-state index contributed by atoms with van der Waals surface area (Å²) in [5.74, 6) is -0.0763. The zero-order valence-electron chi connectivity index (χ0n) is 57.6. The van der Waals surface area contributed by atoms with E-state index in [0.717, 1.165) is 24.2 Å². The second-order valence-electron chi connectivity index (χ2n) is 28.9. The molecule has 3 aromatic rings. The maximum Gasteiger partial charge on any atom is 2.00 e. The van der Waals surface area contributed by atoms with Gasteiger partial charge in [0.15, 0.2) is 0 Å². The van der Waals surface area contributed by atoms with Gasteiger partial charge >= 0.3 is 23.0 Å². The van der Waals surface area contributed by atoms with E-state index in [1.54, 1.807) is 11.1 Å². The molecule has 4 nitrogen and oxygen atoms in total. The number of benzene rings is 1. The van der Waals surface area contributed by atoms with Gasteiger partial charge in [-0.2, -0.15) is 0 Å². The normalized spacial score (nSPS) is 15.0. The van der Waals surface area contributed by atoms with E-state index >= 15 is 0 Å². The first kappa shape index (κ1) is 86.2. The second kappa shape index (κ2) is 43.6. The minimum atomic E-state index is -0.109. The maximum atomic E-state index is 10.9. The van der Waals surface area contributed by atoms with Crippen LogP contribution in [0.5, 0.6) is 0 Å². The molecular weight excluding hydrogens is 1130 g/mol. The molecule has 2 fully saturated rings. The first-order chi connectivity index (χ1) is 36.9. The molecule has 0 N–H and O–H groups in total. The topological polar surface area (TPSA) is 52.1 Å². The van der Waals surface area contributed by atoms with E-state index < -0.39 is 0 Å². The summed E-state index contributed by atoms with van der Waals surface area (Å²) in [6, 6.07) is 22.1. The average Bonchev–Trinajstić information content (AvgIpc) is 4.09. The predicted octanol–water partition coefficient (Wildman–Crippen LogP) is 24.4. The number of hydrogen-bond acceptors (Lipinski definition) is 4. The van der Waals surface area contributed by atoms with E-state index in [-0.39, 0.29) is 77.0 Å². The first-order valence-electron chi connectivity index (χ1n) is 31.7. The van der Waals surface area contributed by atoms with Crippen LogP contribution in [0.4, 0.5) is 0 Å². The van der Waals surface area contributed by atoms with Crippen molar-refractivity contribution in [2.45, 2.75) is 335 Å². The van der Waals surface area contributed by atoms with E-state index in [4.69, 9.17) is 0 Å². The molecule has 2 aliphatic rings. The maximum absolute atomic E-state index is 10.9. The number of esters is 1. The van der Waals surface area contributed by atoms with Gasteiger partial charge in [-0.25, -0.2) is 0 Å². The van der Waals surface area contributed by atoms with Crippen LogP contribution in [0.25, 0.3) is 0 Å². The number of methoxy groups -OCH3 is 1. The van der Waals surface area contributed by atoms with Crippen molar-refractivity contribution in [1.29, 1.82) is 0 Å². The van der Waals surface area contributed by atoms with Crippen molar-refractivity contribution in [2.24, 2.45) is 0 Å². The summed E-state index contributed by atoms with van der Waals surface area (Å²) in [5.41, 5.74) is 7.73. The summed E-state index contributed by atoms with van der Waals surface area (Å²) in [6.07, 6.45) is 39.7. The van der Waals surface area contributed by atoms with Gasteiger partial charge < -0.3 is 19.6 Å². The van der Waals surface area contributed by atoms with Crippen molar-refractivity contribution < 1.29 is 26.6 Å². The summed E-state index contributed by atoms with van der Waals surface area (Å²) in [4.78, 5) is 20.2. The first-order valence-corrected chi connectivity index (χ1v) is 37.5. The van der Waals surface area contributed by atoms with Crippen LogP contribution in [0.15, 0.2) is 85.2 Å². The molecule has 1 aromatic carbocycles. The predicted molar refractivity (Wildman–Crippen MR) is 383 cm³/mol. The van der Waals surface area contributed by atoms with E-state index in [1.807, 2.05) is 24.5 Å². The number of nitrogens with zero attached hydrogens (tertiary/aromatic N) is 2. The number of carbonyl (C=O) groups excluding carboxylic acids is 1. The molecule has 2 atom stereocenters. The molecule has 2 aromatic heterocycles. The van der Waals surface area contributed by atoms with Gasteiger partial charge in [0.05, 0.1) is 18.0 Å². The van der Waals surface area contributed by atoms with Crippen molar-refractivity contribution in [3.05, 3.63) is 111 Å².